The molecule has 3 rings (SSSR count). The van der Waals surface area contributed by atoms with Crippen molar-refractivity contribution in [2.45, 2.75) is 50.2 Å². The number of hydrogen-bond acceptors (Lipinski definition) is 7. The van der Waals surface area contributed by atoms with E-state index < -0.39 is 15.7 Å². The molecule has 1 aromatic carbocycles. The number of benzene rings is 1. The number of sulfone groups is 1. The average molecular weight is 456 g/mol. The smallest absolute Gasteiger partial charge is 0.410 e. The molecule has 1 amide bonds. The molecule has 2 heterocycles. The number of carbonyl (C=O) groups excluding carboxylic acids is 1. The Kier molecular flexibility index (Phi) is 6.97. The molecule has 1 aliphatic heterocycles. The highest BCUT2D eigenvalue weighted by Crippen LogP contribution is 2.31. The second kappa shape index (κ2) is 9.30. The van der Waals surface area contributed by atoms with Crippen LogP contribution in [0.1, 0.15) is 43.3 Å². The number of rotatable bonds is 6. The molecule has 0 atom stereocenters. The van der Waals surface area contributed by atoms with Gasteiger partial charge in [0.05, 0.1) is 33.9 Å². The second-order valence-corrected chi connectivity index (χ2v) is 10.5. The number of ether oxygens (including phenoxy) is 1. The molecule has 1 aromatic heterocycles. The van der Waals surface area contributed by atoms with Crippen molar-refractivity contribution in [2.75, 3.05) is 24.7 Å². The second-order valence-electron chi connectivity index (χ2n) is 7.64. The van der Waals surface area contributed by atoms with Gasteiger partial charge in [-0.3, -0.25) is 0 Å². The Hall–Kier alpha value is -2.20. The monoisotopic (exact) mass is 455 g/mol. The van der Waals surface area contributed by atoms with Crippen molar-refractivity contribution in [3.63, 3.8) is 0 Å². The molecular formula is C20H26FN3O4S2. The van der Waals surface area contributed by atoms with Gasteiger partial charge in [0, 0.05) is 30.6 Å². The minimum Gasteiger partial charge on any atom is -0.447 e. The fraction of sp³-hybridized carbons (Fsp3) is 0.500. The lowest BCUT2D eigenvalue weighted by Gasteiger charge is -2.30. The molecule has 0 unspecified atom stereocenters. The third-order valence-corrected chi connectivity index (χ3v) is 7.00. The van der Waals surface area contributed by atoms with Crippen LogP contribution in [0.15, 0.2) is 28.5 Å². The molecular weight excluding hydrogens is 429 g/mol. The van der Waals surface area contributed by atoms with Crippen LogP contribution in [-0.4, -0.2) is 49.8 Å². The van der Waals surface area contributed by atoms with Crippen molar-refractivity contribution in [2.24, 2.45) is 0 Å². The van der Waals surface area contributed by atoms with E-state index in [9.17, 15) is 17.6 Å². The van der Waals surface area contributed by atoms with E-state index >= 15 is 0 Å². The summed E-state index contributed by atoms with van der Waals surface area (Å²) in [5, 5.41) is 5.91. The first-order valence-corrected chi connectivity index (χ1v) is 12.5. The average Bonchev–Trinajstić information content (AvgIpc) is 3.15. The van der Waals surface area contributed by atoms with Gasteiger partial charge in [-0.2, -0.15) is 0 Å². The summed E-state index contributed by atoms with van der Waals surface area (Å²) in [6.07, 6.45) is 2.31. The van der Waals surface area contributed by atoms with E-state index in [2.05, 4.69) is 10.3 Å². The molecule has 164 valence electrons. The van der Waals surface area contributed by atoms with E-state index in [0.717, 1.165) is 35.9 Å². The van der Waals surface area contributed by atoms with E-state index in [-0.39, 0.29) is 28.7 Å². The minimum atomic E-state index is -3.44. The number of thiazole rings is 1. The predicted octanol–water partition coefficient (Wildman–Crippen LogP) is 4.02. The molecule has 1 saturated heterocycles. The summed E-state index contributed by atoms with van der Waals surface area (Å²) in [5.41, 5.74) is 1.03. The summed E-state index contributed by atoms with van der Waals surface area (Å²) in [6, 6.07) is 3.82. The maximum absolute atomic E-state index is 14.2. The number of amides is 1. The van der Waals surface area contributed by atoms with Crippen molar-refractivity contribution in [1.82, 2.24) is 9.88 Å². The van der Waals surface area contributed by atoms with Gasteiger partial charge in [0.1, 0.15) is 5.82 Å². The molecule has 0 radical (unpaired) electrons. The molecule has 1 N–H and O–H groups in total. The maximum atomic E-state index is 14.2. The number of anilines is 1. The zero-order chi connectivity index (χ0) is 21.9. The topological polar surface area (TPSA) is 88.6 Å². The largest absolute Gasteiger partial charge is 0.447 e. The fourth-order valence-electron chi connectivity index (χ4n) is 3.23. The van der Waals surface area contributed by atoms with E-state index in [1.165, 1.54) is 12.1 Å². The first-order valence-electron chi connectivity index (χ1n) is 9.77. The van der Waals surface area contributed by atoms with Crippen LogP contribution in [0.25, 0.3) is 0 Å². The standard InChI is InChI=1S/C20H26FN3O4S2/c1-13(2)28-20(25)24-8-6-14(7-9-24)19-23-15(12-29-19)11-22-18-5-4-16(10-17(18)21)30(3,26)27/h4-5,10,12-14,22H,6-9,11H2,1-3H3. The van der Waals surface area contributed by atoms with E-state index in [4.69, 9.17) is 4.74 Å². The number of piperidine rings is 1. The maximum Gasteiger partial charge on any atom is 0.410 e. The summed E-state index contributed by atoms with van der Waals surface area (Å²) >= 11 is 1.56. The lowest BCUT2D eigenvalue weighted by molar-refractivity contribution is 0.0691. The summed E-state index contributed by atoms with van der Waals surface area (Å²) in [7, 11) is -3.44. The van der Waals surface area contributed by atoms with Crippen LogP contribution in [0.5, 0.6) is 0 Å². The molecule has 2 aromatic rings. The molecule has 30 heavy (non-hydrogen) atoms. The molecule has 1 fully saturated rings. The van der Waals surface area contributed by atoms with Gasteiger partial charge in [-0.1, -0.05) is 0 Å². The Morgan fingerprint density at radius 2 is 2.07 bits per heavy atom. The number of nitrogens with zero attached hydrogens (tertiary/aromatic N) is 2. The molecule has 0 aliphatic carbocycles. The Morgan fingerprint density at radius 1 is 1.37 bits per heavy atom. The van der Waals surface area contributed by atoms with Crippen LogP contribution in [0.3, 0.4) is 0 Å². The van der Waals surface area contributed by atoms with Gasteiger partial charge in [0.2, 0.25) is 0 Å². The number of carbonyl (C=O) groups is 1. The van der Waals surface area contributed by atoms with Gasteiger partial charge in [-0.15, -0.1) is 11.3 Å². The number of likely N-dealkylation sites (tertiary alicyclic amines) is 1. The third kappa shape index (κ3) is 5.69. The molecule has 7 nitrogen and oxygen atoms in total. The quantitative estimate of drug-likeness (QED) is 0.708. The lowest BCUT2D eigenvalue weighted by atomic mass is 9.98. The van der Waals surface area contributed by atoms with Gasteiger partial charge >= 0.3 is 6.09 Å². The Bertz CT molecular complexity index is 999. The van der Waals surface area contributed by atoms with Crippen molar-refractivity contribution in [1.29, 1.82) is 0 Å². The highest BCUT2D eigenvalue weighted by atomic mass is 32.2. The Balaban J connectivity index is 1.54. The van der Waals surface area contributed by atoms with Crippen molar-refractivity contribution in [3.05, 3.63) is 40.1 Å². The van der Waals surface area contributed by atoms with E-state index in [0.29, 0.717) is 19.6 Å². The minimum absolute atomic E-state index is 0.0508. The van der Waals surface area contributed by atoms with Gasteiger partial charge in [0.15, 0.2) is 9.84 Å². The van der Waals surface area contributed by atoms with E-state index in [1.807, 2.05) is 19.2 Å². The Morgan fingerprint density at radius 3 is 2.67 bits per heavy atom. The SMILES string of the molecule is CC(C)OC(=O)N1CCC(c2nc(CNc3ccc(S(C)(=O)=O)cc3F)cs2)CC1. The summed E-state index contributed by atoms with van der Waals surface area (Å²) in [6.45, 7) is 5.29. The van der Waals surface area contributed by atoms with Gasteiger partial charge < -0.3 is 15.0 Å². The summed E-state index contributed by atoms with van der Waals surface area (Å²) in [4.78, 5) is 18.3. The molecule has 0 bridgehead atoms. The van der Waals surface area contributed by atoms with E-state index in [1.54, 1.807) is 16.2 Å². The third-order valence-electron chi connectivity index (χ3n) is 4.84. The van der Waals surface area contributed by atoms with Crippen LogP contribution in [0, 0.1) is 5.82 Å². The summed E-state index contributed by atoms with van der Waals surface area (Å²) in [5.74, 6) is -0.327. The normalized spacial score (nSPS) is 15.4. The van der Waals surface area contributed by atoms with Crippen LogP contribution >= 0.6 is 11.3 Å². The summed E-state index contributed by atoms with van der Waals surface area (Å²) < 4.78 is 42.4. The van der Waals surface area contributed by atoms with Crippen molar-refractivity contribution < 1.29 is 22.3 Å². The molecule has 0 saturated carbocycles. The zero-order valence-electron chi connectivity index (χ0n) is 17.2. The Labute approximate surface area is 180 Å². The van der Waals surface area contributed by atoms with Gasteiger partial charge in [-0.05, 0) is 44.9 Å². The number of hydrogen-bond donors (Lipinski definition) is 1. The predicted molar refractivity (Wildman–Crippen MR) is 114 cm³/mol. The van der Waals surface area contributed by atoms with Crippen molar-refractivity contribution >= 4 is 33.0 Å². The number of nitrogens with one attached hydrogen (secondary N) is 1. The van der Waals surface area contributed by atoms with Crippen LogP contribution in [-0.2, 0) is 21.1 Å². The van der Waals surface area contributed by atoms with Crippen molar-refractivity contribution in [3.8, 4) is 0 Å². The van der Waals surface area contributed by atoms with Crippen LogP contribution in [0.4, 0.5) is 14.9 Å². The molecule has 1 aliphatic rings. The first-order chi connectivity index (χ1) is 14.1. The highest BCUT2D eigenvalue weighted by Gasteiger charge is 2.26. The number of halogens is 1. The first kappa shape index (κ1) is 22.5. The van der Waals surface area contributed by atoms with Gasteiger partial charge in [-0.25, -0.2) is 22.6 Å². The lowest BCUT2D eigenvalue weighted by Crippen LogP contribution is -2.39. The van der Waals surface area contributed by atoms with Crippen LogP contribution in [0.2, 0.25) is 0 Å². The fourth-order valence-corrected chi connectivity index (χ4v) is 4.86. The highest BCUT2D eigenvalue weighted by molar-refractivity contribution is 7.90. The van der Waals surface area contributed by atoms with Gasteiger partial charge in [0.25, 0.3) is 0 Å². The molecule has 0 spiro atoms. The zero-order valence-corrected chi connectivity index (χ0v) is 18.9. The molecule has 10 heteroatoms. The van der Waals surface area contributed by atoms with Crippen LogP contribution < -0.4 is 5.32 Å². The number of aromatic nitrogens is 1.